The molecule has 0 bridgehead atoms. The molecule has 2 aromatic rings. The van der Waals surface area contributed by atoms with E-state index in [-0.39, 0.29) is 11.2 Å². The molecule has 3 heterocycles. The Morgan fingerprint density at radius 2 is 1.81 bits per heavy atom. The van der Waals surface area contributed by atoms with E-state index in [1.807, 2.05) is 12.1 Å². The summed E-state index contributed by atoms with van der Waals surface area (Å²) in [5.74, 6) is 1.05. The van der Waals surface area contributed by atoms with Crippen molar-refractivity contribution in [2.45, 2.75) is 19.4 Å². The van der Waals surface area contributed by atoms with E-state index < -0.39 is 0 Å². The first-order valence-electron chi connectivity index (χ1n) is 8.77. The van der Waals surface area contributed by atoms with Crippen molar-refractivity contribution in [3.63, 3.8) is 0 Å². The summed E-state index contributed by atoms with van der Waals surface area (Å²) in [5.41, 5.74) is -0.720. The minimum atomic E-state index is -0.369. The van der Waals surface area contributed by atoms with Crippen molar-refractivity contribution < 1.29 is 0 Å². The molecule has 1 saturated heterocycles. The Hall–Kier alpha value is -1.75. The number of halogens is 1. The van der Waals surface area contributed by atoms with Crippen molar-refractivity contribution in [1.29, 1.82) is 0 Å². The van der Waals surface area contributed by atoms with Gasteiger partial charge in [-0.3, -0.25) is 14.3 Å². The monoisotopic (exact) mass is 474 g/mol. The maximum absolute atomic E-state index is 11.9. The van der Waals surface area contributed by atoms with Gasteiger partial charge in [-0.05, 0) is 54.1 Å². The van der Waals surface area contributed by atoms with Crippen molar-refractivity contribution >= 4 is 28.4 Å². The Balaban J connectivity index is 1.41. The van der Waals surface area contributed by atoms with E-state index in [2.05, 4.69) is 48.5 Å². The lowest BCUT2D eigenvalue weighted by Gasteiger charge is -2.35. The van der Waals surface area contributed by atoms with Gasteiger partial charge in [0.1, 0.15) is 15.7 Å². The molecule has 0 unspecified atom stereocenters. The average Bonchev–Trinajstić information content (AvgIpc) is 2.65. The van der Waals surface area contributed by atoms with Crippen LogP contribution >= 0.6 is 22.6 Å². The first-order valence-corrected chi connectivity index (χ1v) is 9.85. The number of pyridine rings is 1. The molecule has 0 atom stereocenters. The third-order valence-electron chi connectivity index (χ3n) is 4.64. The molecule has 26 heavy (non-hydrogen) atoms. The summed E-state index contributed by atoms with van der Waals surface area (Å²) in [6.07, 6.45) is 3.06. The van der Waals surface area contributed by atoms with Crippen LogP contribution < -0.4 is 16.1 Å². The third kappa shape index (κ3) is 4.70. The van der Waals surface area contributed by atoms with Gasteiger partial charge in [0.2, 0.25) is 0 Å². The van der Waals surface area contributed by atoms with Gasteiger partial charge in [-0.25, -0.2) is 14.5 Å². The molecule has 0 N–H and O–H groups in total. The van der Waals surface area contributed by atoms with Crippen LogP contribution in [-0.4, -0.2) is 57.0 Å². The van der Waals surface area contributed by atoms with Gasteiger partial charge in [-0.1, -0.05) is 6.07 Å². The molecule has 1 aliphatic rings. The fourth-order valence-corrected chi connectivity index (χ4v) is 3.50. The summed E-state index contributed by atoms with van der Waals surface area (Å²) in [7, 11) is 1.48. The van der Waals surface area contributed by atoms with Gasteiger partial charge >= 0.3 is 5.69 Å². The molecule has 0 spiro atoms. The second-order valence-corrected chi connectivity index (χ2v) is 7.51. The standard InChI is InChI=1S/C17H23IN6O2/c1-21-16(25)13-19-24(17(21)26)8-3-2-7-22-9-11-23(12-10-22)15-6-4-5-14(18)20-15/h4-6,13H,2-3,7-12H2,1H3/i18+4. The molecule has 0 aliphatic carbocycles. The number of nitrogens with zero attached hydrogens (tertiary/aromatic N) is 6. The Morgan fingerprint density at radius 1 is 1.08 bits per heavy atom. The fourth-order valence-electron chi connectivity index (χ4n) is 3.05. The normalized spacial score (nSPS) is 15.4. The van der Waals surface area contributed by atoms with Gasteiger partial charge in [-0.15, -0.1) is 0 Å². The van der Waals surface area contributed by atoms with Crippen LogP contribution in [0.3, 0.4) is 0 Å². The first kappa shape index (κ1) is 19.0. The average molecular weight is 474 g/mol. The molecule has 9 heteroatoms. The number of piperazine rings is 1. The zero-order valence-corrected chi connectivity index (χ0v) is 17.0. The SMILES string of the molecule is Cn1c(=O)cnn(CCCCN2CCN(c3cccc([131I])n3)CC2)c1=O. The highest BCUT2D eigenvalue weighted by Gasteiger charge is 2.17. The number of unbranched alkanes of at least 4 members (excludes halogenated alkanes) is 1. The van der Waals surface area contributed by atoms with E-state index in [0.717, 1.165) is 59.7 Å². The number of aromatic nitrogens is 4. The predicted molar refractivity (Wildman–Crippen MR) is 109 cm³/mol. The maximum Gasteiger partial charge on any atom is 0.347 e. The summed E-state index contributed by atoms with van der Waals surface area (Å²) >= 11 is 2.24. The molecule has 3 rings (SSSR count). The van der Waals surface area contributed by atoms with Gasteiger partial charge < -0.3 is 4.90 Å². The van der Waals surface area contributed by atoms with Crippen LogP contribution in [0.1, 0.15) is 12.8 Å². The van der Waals surface area contributed by atoms with Crippen molar-refractivity contribution in [2.75, 3.05) is 37.6 Å². The van der Waals surface area contributed by atoms with Gasteiger partial charge in [0, 0.05) is 39.8 Å². The summed E-state index contributed by atoms with van der Waals surface area (Å²) in [6, 6.07) is 6.12. The van der Waals surface area contributed by atoms with Crippen LogP contribution in [0.25, 0.3) is 0 Å². The zero-order chi connectivity index (χ0) is 18.5. The Kier molecular flexibility index (Phi) is 6.41. The number of aryl methyl sites for hydroxylation is 1. The van der Waals surface area contributed by atoms with Crippen LogP contribution in [-0.2, 0) is 13.6 Å². The molecule has 0 amide bonds. The molecular weight excluding hydrogens is 451 g/mol. The summed E-state index contributed by atoms with van der Waals surface area (Å²) in [5, 5.41) is 3.92. The minimum Gasteiger partial charge on any atom is -0.354 e. The second-order valence-electron chi connectivity index (χ2n) is 6.40. The lowest BCUT2D eigenvalue weighted by molar-refractivity contribution is 0.249. The van der Waals surface area contributed by atoms with E-state index in [1.54, 1.807) is 0 Å². The third-order valence-corrected chi connectivity index (χ3v) is 5.24. The first-order chi connectivity index (χ1) is 12.5. The molecule has 2 aromatic heterocycles. The lowest BCUT2D eigenvalue weighted by Crippen LogP contribution is -2.47. The summed E-state index contributed by atoms with van der Waals surface area (Å²) in [4.78, 5) is 32.6. The highest BCUT2D eigenvalue weighted by atomic mass is 131. The van der Waals surface area contributed by atoms with Crippen molar-refractivity contribution in [1.82, 2.24) is 24.2 Å². The van der Waals surface area contributed by atoms with E-state index in [9.17, 15) is 9.59 Å². The molecule has 140 valence electrons. The topological polar surface area (TPSA) is 76.3 Å². The molecule has 0 aromatic carbocycles. The fraction of sp³-hybridized carbons (Fsp3) is 0.529. The summed E-state index contributed by atoms with van der Waals surface area (Å²) < 4.78 is 3.47. The Morgan fingerprint density at radius 3 is 2.54 bits per heavy atom. The predicted octanol–water partition coefficient (Wildman–Crippen LogP) is 0.544. The van der Waals surface area contributed by atoms with Crippen LogP contribution in [0.2, 0.25) is 0 Å². The van der Waals surface area contributed by atoms with Crippen LogP contribution in [0.15, 0.2) is 34.0 Å². The number of anilines is 1. The lowest BCUT2D eigenvalue weighted by atomic mass is 10.2. The highest BCUT2D eigenvalue weighted by molar-refractivity contribution is 14.1. The van der Waals surface area contributed by atoms with Crippen LogP contribution in [0.4, 0.5) is 5.82 Å². The van der Waals surface area contributed by atoms with Gasteiger partial charge in [-0.2, -0.15) is 5.10 Å². The highest BCUT2D eigenvalue weighted by Crippen LogP contribution is 2.15. The maximum atomic E-state index is 11.9. The molecule has 1 aliphatic heterocycles. The quantitative estimate of drug-likeness (QED) is 0.346. The minimum absolute atomic E-state index is 0.351. The Labute approximate surface area is 165 Å². The molecule has 1 fully saturated rings. The molecule has 0 saturated carbocycles. The van der Waals surface area contributed by atoms with E-state index >= 15 is 0 Å². The zero-order valence-electron chi connectivity index (χ0n) is 14.8. The number of hydrogen-bond donors (Lipinski definition) is 0. The van der Waals surface area contributed by atoms with E-state index in [4.69, 9.17) is 0 Å². The van der Waals surface area contributed by atoms with E-state index in [0.29, 0.717) is 6.54 Å². The largest absolute Gasteiger partial charge is 0.354 e. The number of hydrogen-bond acceptors (Lipinski definition) is 6. The smallest absolute Gasteiger partial charge is 0.347 e. The van der Waals surface area contributed by atoms with Gasteiger partial charge in [0.25, 0.3) is 5.56 Å². The summed E-state index contributed by atoms with van der Waals surface area (Å²) in [6.45, 7) is 5.55. The molecule has 8 nitrogen and oxygen atoms in total. The van der Waals surface area contributed by atoms with Crippen LogP contribution in [0, 0.1) is 3.70 Å². The molecule has 0 radical (unpaired) electrons. The van der Waals surface area contributed by atoms with Crippen molar-refractivity contribution in [3.8, 4) is 0 Å². The molecular formula is C17H23IN6O2. The van der Waals surface area contributed by atoms with Crippen molar-refractivity contribution in [2.24, 2.45) is 7.05 Å². The van der Waals surface area contributed by atoms with E-state index in [1.165, 1.54) is 17.9 Å². The number of rotatable bonds is 6. The van der Waals surface area contributed by atoms with Gasteiger partial charge in [0.05, 0.1) is 0 Å². The van der Waals surface area contributed by atoms with Crippen molar-refractivity contribution in [3.05, 3.63) is 48.9 Å². The second kappa shape index (κ2) is 8.76. The Bertz CT molecular complexity index is 857. The van der Waals surface area contributed by atoms with Crippen LogP contribution in [0.5, 0.6) is 0 Å². The van der Waals surface area contributed by atoms with Gasteiger partial charge in [0.15, 0.2) is 0 Å².